The normalized spacial score (nSPS) is 20.4. The summed E-state index contributed by atoms with van der Waals surface area (Å²) in [5.74, 6) is 0.969. The fraction of sp³-hybridized carbons (Fsp3) is 0.529. The molecule has 1 aromatic rings. The second kappa shape index (κ2) is 6.15. The highest BCUT2D eigenvalue weighted by atomic mass is 35.5. The van der Waals surface area contributed by atoms with Crippen molar-refractivity contribution in [1.82, 2.24) is 14.7 Å². The van der Waals surface area contributed by atoms with E-state index in [9.17, 15) is 4.21 Å². The monoisotopic (exact) mass is 368 g/mol. The standard InChI is InChI=1S/C16H21ClN4OS.CH4/c1-9-7-10(2)14-18-16(3,4)8-21(14)13(9)12-11(17)15(23(6)22)20(5)19-12;/h7H,8H2,1-6H3;1H4. The first-order valence-corrected chi connectivity index (χ1v) is 9.39. The Labute approximate surface area is 151 Å². The van der Waals surface area contributed by atoms with E-state index in [1.54, 1.807) is 18.0 Å². The number of aromatic nitrogens is 2. The van der Waals surface area contributed by atoms with Gasteiger partial charge in [-0.25, -0.2) is 0 Å². The van der Waals surface area contributed by atoms with Gasteiger partial charge in [0, 0.05) is 19.8 Å². The van der Waals surface area contributed by atoms with E-state index >= 15 is 0 Å². The van der Waals surface area contributed by atoms with Gasteiger partial charge in [0.2, 0.25) is 0 Å². The first-order valence-electron chi connectivity index (χ1n) is 7.45. The number of hydrogen-bond acceptors (Lipinski definition) is 4. The zero-order valence-electron chi connectivity index (χ0n) is 14.3. The SMILES string of the molecule is C.CC1=CC(C)=C(c2nn(C)c(S(C)=O)c2Cl)N2CC(C)(C)N=C12. The van der Waals surface area contributed by atoms with Gasteiger partial charge in [-0.05, 0) is 38.8 Å². The van der Waals surface area contributed by atoms with Crippen LogP contribution in [-0.2, 0) is 17.8 Å². The second-order valence-electron chi connectivity index (χ2n) is 6.74. The predicted octanol–water partition coefficient (Wildman–Crippen LogP) is 3.63. The van der Waals surface area contributed by atoms with Crippen LogP contribution in [0.2, 0.25) is 5.02 Å². The third kappa shape index (κ3) is 2.86. The molecule has 0 bridgehead atoms. The zero-order chi connectivity index (χ0) is 17.1. The van der Waals surface area contributed by atoms with Crippen LogP contribution in [0.25, 0.3) is 5.70 Å². The van der Waals surface area contributed by atoms with Crippen LogP contribution in [0.5, 0.6) is 0 Å². The maximum absolute atomic E-state index is 11.9. The summed E-state index contributed by atoms with van der Waals surface area (Å²) in [5, 5.41) is 5.55. The van der Waals surface area contributed by atoms with E-state index < -0.39 is 10.8 Å². The molecule has 5 nitrogen and oxygen atoms in total. The summed E-state index contributed by atoms with van der Waals surface area (Å²) in [5.41, 5.74) is 3.71. The van der Waals surface area contributed by atoms with Gasteiger partial charge in [0.15, 0.2) is 0 Å². The number of hydrogen-bond donors (Lipinski definition) is 0. The Kier molecular flexibility index (Phi) is 4.85. The van der Waals surface area contributed by atoms with Gasteiger partial charge in [-0.1, -0.05) is 25.1 Å². The van der Waals surface area contributed by atoms with E-state index in [0.29, 0.717) is 15.7 Å². The minimum atomic E-state index is -1.19. The van der Waals surface area contributed by atoms with Gasteiger partial charge >= 0.3 is 0 Å². The van der Waals surface area contributed by atoms with Crippen molar-refractivity contribution in [2.75, 3.05) is 12.8 Å². The van der Waals surface area contributed by atoms with Crippen LogP contribution in [0.4, 0.5) is 0 Å². The van der Waals surface area contributed by atoms with Gasteiger partial charge in [0.05, 0.1) is 22.0 Å². The van der Waals surface area contributed by atoms with Gasteiger partial charge in [0.25, 0.3) is 0 Å². The van der Waals surface area contributed by atoms with Crippen molar-refractivity contribution in [3.8, 4) is 0 Å². The summed E-state index contributed by atoms with van der Waals surface area (Å²) in [7, 11) is 0.579. The van der Waals surface area contributed by atoms with Crippen molar-refractivity contribution >= 4 is 33.9 Å². The van der Waals surface area contributed by atoms with Crippen molar-refractivity contribution in [3.63, 3.8) is 0 Å². The molecule has 0 N–H and O–H groups in total. The fourth-order valence-electron chi connectivity index (χ4n) is 3.26. The quantitative estimate of drug-likeness (QED) is 0.800. The minimum absolute atomic E-state index is 0. The highest BCUT2D eigenvalue weighted by Gasteiger charge is 2.38. The number of aryl methyl sites for hydroxylation is 1. The lowest BCUT2D eigenvalue weighted by Gasteiger charge is -2.29. The van der Waals surface area contributed by atoms with E-state index in [1.807, 2.05) is 0 Å². The molecule has 1 atom stereocenters. The molecule has 3 heterocycles. The molecule has 2 aliphatic heterocycles. The minimum Gasteiger partial charge on any atom is -0.322 e. The molecule has 1 aromatic heterocycles. The Bertz CT molecular complexity index is 817. The molecule has 0 saturated carbocycles. The van der Waals surface area contributed by atoms with Gasteiger partial charge in [0.1, 0.15) is 21.6 Å². The average Bonchev–Trinajstić information content (AvgIpc) is 2.87. The molecule has 0 aliphatic carbocycles. The first kappa shape index (κ1) is 18.9. The van der Waals surface area contributed by atoms with E-state index in [1.165, 1.54) is 0 Å². The van der Waals surface area contributed by atoms with Crippen molar-refractivity contribution in [3.05, 3.63) is 27.9 Å². The molecular weight excluding hydrogens is 344 g/mol. The molecule has 24 heavy (non-hydrogen) atoms. The van der Waals surface area contributed by atoms with Gasteiger partial charge < -0.3 is 4.90 Å². The third-order valence-electron chi connectivity index (χ3n) is 4.07. The smallest absolute Gasteiger partial charge is 0.144 e. The number of rotatable bonds is 2. The maximum atomic E-state index is 11.9. The third-order valence-corrected chi connectivity index (χ3v) is 5.56. The number of amidine groups is 1. The van der Waals surface area contributed by atoms with Crippen LogP contribution in [0.1, 0.15) is 40.8 Å². The fourth-order valence-corrected chi connectivity index (χ4v) is 4.60. The summed E-state index contributed by atoms with van der Waals surface area (Å²) in [6.45, 7) is 9.13. The topological polar surface area (TPSA) is 50.5 Å². The summed E-state index contributed by atoms with van der Waals surface area (Å²) >= 11 is 6.52. The van der Waals surface area contributed by atoms with Crippen LogP contribution in [0, 0.1) is 0 Å². The Hall–Kier alpha value is -1.40. The molecule has 3 rings (SSSR count). The Morgan fingerprint density at radius 2 is 1.96 bits per heavy atom. The summed E-state index contributed by atoms with van der Waals surface area (Å²) in [6.07, 6.45) is 3.73. The van der Waals surface area contributed by atoms with Gasteiger partial charge in [-0.15, -0.1) is 0 Å². The molecule has 0 aromatic carbocycles. The Morgan fingerprint density at radius 1 is 1.33 bits per heavy atom. The van der Waals surface area contributed by atoms with Crippen molar-refractivity contribution < 1.29 is 4.21 Å². The number of nitrogens with zero attached hydrogens (tertiary/aromatic N) is 4. The molecular formula is C17H25ClN4OS. The number of halogens is 1. The highest BCUT2D eigenvalue weighted by molar-refractivity contribution is 7.84. The lowest BCUT2D eigenvalue weighted by atomic mass is 10.0. The van der Waals surface area contributed by atoms with Crippen molar-refractivity contribution in [2.45, 2.75) is 45.7 Å². The van der Waals surface area contributed by atoms with E-state index in [0.717, 1.165) is 29.2 Å². The Balaban J connectivity index is 0.00000208. The largest absolute Gasteiger partial charge is 0.322 e. The lowest BCUT2D eigenvalue weighted by molar-refractivity contribution is 0.459. The lowest BCUT2D eigenvalue weighted by Crippen LogP contribution is -2.34. The number of aliphatic imine (C=N–C) groups is 1. The number of allylic oxidation sites excluding steroid dienone is 2. The van der Waals surface area contributed by atoms with Gasteiger partial charge in [-0.2, -0.15) is 5.10 Å². The Morgan fingerprint density at radius 3 is 2.50 bits per heavy atom. The van der Waals surface area contributed by atoms with E-state index in [4.69, 9.17) is 16.6 Å². The van der Waals surface area contributed by atoms with Crippen LogP contribution in [0.15, 0.2) is 27.2 Å². The molecule has 0 radical (unpaired) electrons. The molecule has 0 amide bonds. The summed E-state index contributed by atoms with van der Waals surface area (Å²) in [4.78, 5) is 7.01. The van der Waals surface area contributed by atoms with Crippen LogP contribution >= 0.6 is 11.6 Å². The molecule has 132 valence electrons. The zero-order valence-corrected chi connectivity index (χ0v) is 15.8. The van der Waals surface area contributed by atoms with E-state index in [-0.39, 0.29) is 13.0 Å². The highest BCUT2D eigenvalue weighted by Crippen LogP contribution is 2.39. The summed E-state index contributed by atoms with van der Waals surface area (Å²) < 4.78 is 13.6. The molecule has 0 saturated heterocycles. The van der Waals surface area contributed by atoms with E-state index in [2.05, 4.69) is 43.8 Å². The van der Waals surface area contributed by atoms with Crippen LogP contribution < -0.4 is 0 Å². The van der Waals surface area contributed by atoms with Gasteiger partial charge in [-0.3, -0.25) is 13.9 Å². The molecule has 1 unspecified atom stereocenters. The molecule has 0 spiro atoms. The predicted molar refractivity (Wildman–Crippen MR) is 102 cm³/mol. The molecule has 7 heteroatoms. The van der Waals surface area contributed by atoms with Crippen molar-refractivity contribution in [1.29, 1.82) is 0 Å². The average molecular weight is 369 g/mol. The molecule has 2 aliphatic rings. The second-order valence-corrected chi connectivity index (χ2v) is 8.41. The first-order chi connectivity index (χ1) is 10.6. The maximum Gasteiger partial charge on any atom is 0.144 e. The van der Waals surface area contributed by atoms with Crippen LogP contribution in [0.3, 0.4) is 0 Å². The number of fused-ring (bicyclic) bond motifs is 1. The molecule has 0 fully saturated rings. The van der Waals surface area contributed by atoms with Crippen LogP contribution in [-0.4, -0.2) is 43.1 Å². The van der Waals surface area contributed by atoms with Crippen molar-refractivity contribution in [2.24, 2.45) is 12.0 Å². The summed E-state index contributed by atoms with van der Waals surface area (Å²) in [6, 6.07) is 0.